The number of aliphatic hydroxyl groups excluding tert-OH is 1. The number of hydrogen-bond acceptors (Lipinski definition) is 7. The summed E-state index contributed by atoms with van der Waals surface area (Å²) in [5.41, 5.74) is 3.24. The zero-order valence-electron chi connectivity index (χ0n) is 22.7. The molecule has 0 aromatic heterocycles. The van der Waals surface area contributed by atoms with Crippen molar-refractivity contribution >= 4 is 5.97 Å². The predicted molar refractivity (Wildman–Crippen MR) is 153 cm³/mol. The zero-order chi connectivity index (χ0) is 28.3. The number of benzene rings is 4. The van der Waals surface area contributed by atoms with Crippen LogP contribution in [0.25, 0.3) is 0 Å². The summed E-state index contributed by atoms with van der Waals surface area (Å²) in [6, 6.07) is 37.8. The molecule has 1 aliphatic rings. The summed E-state index contributed by atoms with van der Waals surface area (Å²) in [6.07, 6.45) is -4.85. The highest BCUT2D eigenvalue weighted by atomic mass is 16.7. The molecule has 1 N–H and O–H groups in total. The summed E-state index contributed by atoms with van der Waals surface area (Å²) in [5.74, 6) is -0.529. The molecule has 7 heteroatoms. The highest BCUT2D eigenvalue weighted by Gasteiger charge is 2.49. The first-order valence-corrected chi connectivity index (χ1v) is 13.7. The van der Waals surface area contributed by atoms with Crippen LogP contribution in [0.5, 0.6) is 0 Å². The van der Waals surface area contributed by atoms with Crippen molar-refractivity contribution in [2.24, 2.45) is 0 Å². The lowest BCUT2D eigenvalue weighted by Crippen LogP contribution is -2.61. The number of aliphatic hydroxyl groups is 1. The molecule has 5 rings (SSSR count). The van der Waals surface area contributed by atoms with Crippen LogP contribution in [-0.2, 0) is 43.5 Å². The third kappa shape index (κ3) is 8.10. The smallest absolute Gasteiger partial charge is 0.338 e. The van der Waals surface area contributed by atoms with E-state index < -0.39 is 36.7 Å². The number of rotatable bonds is 12. The lowest BCUT2D eigenvalue weighted by atomic mass is 9.98. The number of carbonyl (C=O) groups excluding carboxylic acids is 1. The Morgan fingerprint density at radius 3 is 1.61 bits per heavy atom. The van der Waals surface area contributed by atoms with Gasteiger partial charge in [-0.2, -0.15) is 0 Å². The fourth-order valence-corrected chi connectivity index (χ4v) is 4.71. The van der Waals surface area contributed by atoms with Gasteiger partial charge in [0.05, 0.1) is 32.0 Å². The predicted octanol–water partition coefficient (Wildman–Crippen LogP) is 5.32. The van der Waals surface area contributed by atoms with E-state index >= 15 is 0 Å². The Morgan fingerprint density at radius 1 is 0.610 bits per heavy atom. The molecule has 0 aliphatic carbocycles. The topological polar surface area (TPSA) is 83.5 Å². The Balaban J connectivity index is 1.39. The van der Waals surface area contributed by atoms with Crippen molar-refractivity contribution in [3.8, 4) is 0 Å². The average molecular weight is 555 g/mol. The van der Waals surface area contributed by atoms with Crippen LogP contribution in [0, 0.1) is 0 Å². The van der Waals surface area contributed by atoms with Crippen LogP contribution in [-0.4, -0.2) is 48.4 Å². The van der Waals surface area contributed by atoms with Crippen LogP contribution in [0.15, 0.2) is 121 Å². The van der Waals surface area contributed by atoms with Crippen LogP contribution in [0.2, 0.25) is 0 Å². The molecule has 0 unspecified atom stereocenters. The Kier molecular flexibility index (Phi) is 10.3. The molecular formula is C34H34O7. The molecule has 0 saturated carbocycles. The van der Waals surface area contributed by atoms with E-state index in [1.165, 1.54) is 0 Å². The Hall–Kier alpha value is -3.85. The summed E-state index contributed by atoms with van der Waals surface area (Å²) in [5, 5.41) is 11.1. The standard InChI is InChI=1S/C34H34O7/c35-33(28-19-11-4-12-20-28)41-30-29(24-37-21-25-13-5-1-6-14-25)40-34(36)32(39-23-27-17-9-3-10-18-27)31(30)38-22-26-15-7-2-8-16-26/h1-20,29-32,34,36H,21-24H2/t29-,30-,31+,32-,34-/m1/s1. The molecule has 41 heavy (non-hydrogen) atoms. The van der Waals surface area contributed by atoms with Crippen LogP contribution >= 0.6 is 0 Å². The first kappa shape index (κ1) is 28.7. The van der Waals surface area contributed by atoms with Crippen molar-refractivity contribution in [1.82, 2.24) is 0 Å². The summed E-state index contributed by atoms with van der Waals surface area (Å²) < 4.78 is 30.6. The molecule has 4 aromatic rings. The molecule has 0 amide bonds. The van der Waals surface area contributed by atoms with Gasteiger partial charge in [0.2, 0.25) is 0 Å². The van der Waals surface area contributed by atoms with E-state index in [2.05, 4.69) is 0 Å². The second-order valence-electron chi connectivity index (χ2n) is 9.82. The first-order chi connectivity index (χ1) is 20.2. The quantitative estimate of drug-likeness (QED) is 0.238. The molecule has 0 radical (unpaired) electrons. The van der Waals surface area contributed by atoms with Gasteiger partial charge in [0.1, 0.15) is 18.3 Å². The second kappa shape index (κ2) is 14.7. The zero-order valence-corrected chi connectivity index (χ0v) is 22.7. The van der Waals surface area contributed by atoms with Crippen LogP contribution in [0.1, 0.15) is 27.0 Å². The van der Waals surface area contributed by atoms with Gasteiger partial charge in [-0.25, -0.2) is 4.79 Å². The molecule has 4 aromatic carbocycles. The van der Waals surface area contributed by atoms with Crippen molar-refractivity contribution in [2.75, 3.05) is 6.61 Å². The van der Waals surface area contributed by atoms with E-state index in [1.807, 2.05) is 97.1 Å². The van der Waals surface area contributed by atoms with Gasteiger partial charge in [0.25, 0.3) is 0 Å². The van der Waals surface area contributed by atoms with Crippen molar-refractivity contribution < 1.29 is 33.6 Å². The maximum atomic E-state index is 13.3. The van der Waals surface area contributed by atoms with Gasteiger partial charge in [0.15, 0.2) is 12.4 Å². The minimum absolute atomic E-state index is 0.0648. The molecule has 0 bridgehead atoms. The van der Waals surface area contributed by atoms with Gasteiger partial charge in [-0.3, -0.25) is 0 Å². The van der Waals surface area contributed by atoms with E-state index in [0.29, 0.717) is 12.2 Å². The van der Waals surface area contributed by atoms with Gasteiger partial charge >= 0.3 is 5.97 Å². The van der Waals surface area contributed by atoms with Crippen LogP contribution in [0.3, 0.4) is 0 Å². The summed E-state index contributed by atoms with van der Waals surface area (Å²) in [6.45, 7) is 0.834. The van der Waals surface area contributed by atoms with Crippen molar-refractivity contribution in [1.29, 1.82) is 0 Å². The van der Waals surface area contributed by atoms with Gasteiger partial charge in [-0.15, -0.1) is 0 Å². The molecule has 1 heterocycles. The first-order valence-electron chi connectivity index (χ1n) is 13.7. The van der Waals surface area contributed by atoms with E-state index in [-0.39, 0.29) is 19.8 Å². The Bertz CT molecular complexity index is 1320. The lowest BCUT2D eigenvalue weighted by molar-refractivity contribution is -0.308. The summed E-state index contributed by atoms with van der Waals surface area (Å²) >= 11 is 0. The van der Waals surface area contributed by atoms with Crippen LogP contribution in [0.4, 0.5) is 0 Å². The monoisotopic (exact) mass is 554 g/mol. The third-order valence-corrected chi connectivity index (χ3v) is 6.83. The van der Waals surface area contributed by atoms with E-state index in [1.54, 1.807) is 24.3 Å². The fraction of sp³-hybridized carbons (Fsp3) is 0.265. The average Bonchev–Trinajstić information content (AvgIpc) is 3.02. The van der Waals surface area contributed by atoms with Gasteiger partial charge < -0.3 is 28.8 Å². The van der Waals surface area contributed by atoms with E-state index in [4.69, 9.17) is 23.7 Å². The summed E-state index contributed by atoms with van der Waals surface area (Å²) in [7, 11) is 0. The number of hydrogen-bond donors (Lipinski definition) is 1. The molecular weight excluding hydrogens is 520 g/mol. The molecule has 1 aliphatic heterocycles. The molecule has 1 saturated heterocycles. The minimum atomic E-state index is -1.34. The Labute approximate surface area is 240 Å². The number of esters is 1. The number of ether oxygens (including phenoxy) is 5. The highest BCUT2D eigenvalue weighted by molar-refractivity contribution is 5.89. The third-order valence-electron chi connectivity index (χ3n) is 6.83. The number of carbonyl (C=O) groups is 1. The molecule has 5 atom stereocenters. The van der Waals surface area contributed by atoms with E-state index in [0.717, 1.165) is 16.7 Å². The highest BCUT2D eigenvalue weighted by Crippen LogP contribution is 2.30. The lowest BCUT2D eigenvalue weighted by Gasteiger charge is -2.44. The maximum Gasteiger partial charge on any atom is 0.338 e. The fourth-order valence-electron chi connectivity index (χ4n) is 4.71. The van der Waals surface area contributed by atoms with Gasteiger partial charge in [-0.05, 0) is 28.8 Å². The molecule has 7 nitrogen and oxygen atoms in total. The van der Waals surface area contributed by atoms with Crippen molar-refractivity contribution in [3.63, 3.8) is 0 Å². The SMILES string of the molecule is O=C(O[C@H]1[C@H](OCc2ccccc2)[C@@H](OCc2ccccc2)[C@H](O)O[C@@H]1COCc1ccccc1)c1ccccc1. The Morgan fingerprint density at radius 2 is 1.07 bits per heavy atom. The largest absolute Gasteiger partial charge is 0.453 e. The minimum Gasteiger partial charge on any atom is -0.453 e. The van der Waals surface area contributed by atoms with Crippen LogP contribution < -0.4 is 0 Å². The second-order valence-corrected chi connectivity index (χ2v) is 9.82. The van der Waals surface area contributed by atoms with E-state index in [9.17, 15) is 9.90 Å². The molecule has 212 valence electrons. The maximum absolute atomic E-state index is 13.3. The van der Waals surface area contributed by atoms with Crippen molar-refractivity contribution in [2.45, 2.75) is 50.5 Å². The summed E-state index contributed by atoms with van der Waals surface area (Å²) in [4.78, 5) is 13.3. The van der Waals surface area contributed by atoms with Crippen molar-refractivity contribution in [3.05, 3.63) is 144 Å². The van der Waals surface area contributed by atoms with Gasteiger partial charge in [0, 0.05) is 0 Å². The molecule has 1 fully saturated rings. The molecule has 0 spiro atoms. The normalized spacial score (nSPS) is 22.2. The van der Waals surface area contributed by atoms with Gasteiger partial charge in [-0.1, -0.05) is 109 Å².